The summed E-state index contributed by atoms with van der Waals surface area (Å²) in [6.07, 6.45) is 13.4. The van der Waals surface area contributed by atoms with Crippen molar-refractivity contribution >= 4 is 47.6 Å². The normalized spacial score (nSPS) is 12.0. The molecule has 0 fully saturated rings. The molecule has 0 unspecified atom stereocenters. The Morgan fingerprint density at radius 2 is 0.604 bits per heavy atom. The molecule has 0 saturated heterocycles. The zero-order valence-corrected chi connectivity index (χ0v) is 26.3. The standard InChI is InChI=1S/C48H30/c1(11-35-21-25-37(26-22-35)33-47-43-17-7-3-13-39(43)29-30-40-14-4-8-18-44(40)47)2-12-36-23-27-38(28-24-36)34-48-45-19-9-5-15-41(45)31-32-42-16-6-10-20-46(42)48/h3-10,13-34H. The molecule has 0 aromatic heterocycles. The van der Waals surface area contributed by atoms with Gasteiger partial charge in [-0.05, 0) is 115 Å². The van der Waals surface area contributed by atoms with E-state index < -0.39 is 0 Å². The lowest BCUT2D eigenvalue weighted by atomic mass is 9.92. The Labute approximate surface area is 282 Å². The smallest absolute Gasteiger partial charge is 0.0255 e. The first kappa shape index (κ1) is 28.8. The second kappa shape index (κ2) is 13.0. The predicted octanol–water partition coefficient (Wildman–Crippen LogP) is 11.2. The molecular formula is C48H30. The van der Waals surface area contributed by atoms with Crippen LogP contribution in [0.1, 0.15) is 66.8 Å². The number of hydrogen-bond acceptors (Lipinski definition) is 0. The fourth-order valence-electron chi connectivity index (χ4n) is 6.38. The lowest BCUT2D eigenvalue weighted by molar-refractivity contribution is 1.53. The van der Waals surface area contributed by atoms with Gasteiger partial charge in [0.2, 0.25) is 0 Å². The highest BCUT2D eigenvalue weighted by atomic mass is 14.2. The van der Waals surface area contributed by atoms with Crippen molar-refractivity contribution in [3.05, 3.63) is 212 Å². The molecule has 2 aliphatic rings. The van der Waals surface area contributed by atoms with Gasteiger partial charge < -0.3 is 0 Å². The van der Waals surface area contributed by atoms with Crippen molar-refractivity contribution in [3.63, 3.8) is 0 Å². The van der Waals surface area contributed by atoms with E-state index in [9.17, 15) is 0 Å². The molecule has 0 bridgehead atoms. The van der Waals surface area contributed by atoms with Crippen molar-refractivity contribution in [3.8, 4) is 23.7 Å². The first-order chi connectivity index (χ1) is 23.8. The van der Waals surface area contributed by atoms with Crippen molar-refractivity contribution in [2.24, 2.45) is 0 Å². The van der Waals surface area contributed by atoms with Crippen molar-refractivity contribution in [2.75, 3.05) is 0 Å². The fraction of sp³-hybridized carbons (Fsp3) is 0. The molecule has 6 aromatic rings. The highest BCUT2D eigenvalue weighted by molar-refractivity contribution is 6.01. The number of benzene rings is 6. The molecule has 0 spiro atoms. The topological polar surface area (TPSA) is 0 Å². The third-order valence-electron chi connectivity index (χ3n) is 8.81. The van der Waals surface area contributed by atoms with Crippen molar-refractivity contribution in [1.82, 2.24) is 0 Å². The van der Waals surface area contributed by atoms with Crippen LogP contribution in [0.25, 0.3) is 47.6 Å². The summed E-state index contributed by atoms with van der Waals surface area (Å²) >= 11 is 0. The summed E-state index contributed by atoms with van der Waals surface area (Å²) in [7, 11) is 0. The molecular weight excluding hydrogens is 577 g/mol. The first-order valence-corrected chi connectivity index (χ1v) is 16.2. The third-order valence-corrected chi connectivity index (χ3v) is 8.81. The Balaban J connectivity index is 1.01. The van der Waals surface area contributed by atoms with E-state index in [-0.39, 0.29) is 0 Å². The Bertz CT molecular complexity index is 2140. The van der Waals surface area contributed by atoms with E-state index in [1.165, 1.54) is 55.7 Å². The van der Waals surface area contributed by atoms with Crippen LogP contribution in [-0.4, -0.2) is 0 Å². The van der Waals surface area contributed by atoms with Crippen molar-refractivity contribution in [2.45, 2.75) is 0 Å². The van der Waals surface area contributed by atoms with Gasteiger partial charge in [-0.1, -0.05) is 157 Å². The number of hydrogen-bond donors (Lipinski definition) is 0. The third kappa shape index (κ3) is 6.00. The minimum Gasteiger partial charge on any atom is -0.0616 e. The Morgan fingerprint density at radius 1 is 0.312 bits per heavy atom. The highest BCUT2D eigenvalue weighted by Gasteiger charge is 2.15. The fourth-order valence-corrected chi connectivity index (χ4v) is 6.38. The van der Waals surface area contributed by atoms with Crippen molar-refractivity contribution < 1.29 is 0 Å². The van der Waals surface area contributed by atoms with Gasteiger partial charge in [0.15, 0.2) is 0 Å². The maximum absolute atomic E-state index is 3.21. The zero-order valence-electron chi connectivity index (χ0n) is 26.3. The molecule has 0 heterocycles. The van der Waals surface area contributed by atoms with Crippen LogP contribution in [0, 0.1) is 23.7 Å². The molecule has 6 aromatic carbocycles. The van der Waals surface area contributed by atoms with Gasteiger partial charge >= 0.3 is 0 Å². The van der Waals surface area contributed by atoms with Crippen LogP contribution in [-0.2, 0) is 0 Å². The van der Waals surface area contributed by atoms with Gasteiger partial charge in [-0.3, -0.25) is 0 Å². The Kier molecular flexibility index (Phi) is 7.83. The molecule has 8 rings (SSSR count). The largest absolute Gasteiger partial charge is 0.0616 e. The van der Waals surface area contributed by atoms with E-state index in [0.29, 0.717) is 0 Å². The van der Waals surface area contributed by atoms with Gasteiger partial charge in [-0.15, -0.1) is 0 Å². The molecule has 0 aliphatic heterocycles. The van der Waals surface area contributed by atoms with Gasteiger partial charge in [0.25, 0.3) is 0 Å². The lowest BCUT2D eigenvalue weighted by Crippen LogP contribution is -1.92. The van der Waals surface area contributed by atoms with E-state index in [4.69, 9.17) is 0 Å². The second-order valence-corrected chi connectivity index (χ2v) is 11.9. The number of rotatable bonds is 2. The predicted molar refractivity (Wildman–Crippen MR) is 204 cm³/mol. The van der Waals surface area contributed by atoms with E-state index in [0.717, 1.165) is 22.3 Å². The maximum Gasteiger partial charge on any atom is 0.0255 e. The van der Waals surface area contributed by atoms with Crippen LogP contribution in [0.3, 0.4) is 0 Å². The Hall–Kier alpha value is -6.60. The van der Waals surface area contributed by atoms with E-state index >= 15 is 0 Å². The first-order valence-electron chi connectivity index (χ1n) is 16.2. The number of fused-ring (bicyclic) bond motifs is 4. The Morgan fingerprint density at radius 3 is 0.917 bits per heavy atom. The summed E-state index contributed by atoms with van der Waals surface area (Å²) in [4.78, 5) is 0. The van der Waals surface area contributed by atoms with Gasteiger partial charge in [-0.2, -0.15) is 0 Å². The van der Waals surface area contributed by atoms with E-state index in [1.54, 1.807) is 0 Å². The molecule has 0 radical (unpaired) electrons. The van der Waals surface area contributed by atoms with Crippen LogP contribution in [0.15, 0.2) is 146 Å². The summed E-state index contributed by atoms with van der Waals surface area (Å²) in [6.45, 7) is 0. The van der Waals surface area contributed by atoms with Gasteiger partial charge in [0.1, 0.15) is 0 Å². The SMILES string of the molecule is C(C#Cc1ccc(C=C2c3ccccc3C=Cc3ccccc32)cc1)#Cc1ccc(C=C2c3ccccc3C=Cc3ccccc32)cc1. The monoisotopic (exact) mass is 606 g/mol. The minimum absolute atomic E-state index is 0.940. The molecule has 0 heteroatoms. The van der Waals surface area contributed by atoms with Gasteiger partial charge in [0, 0.05) is 11.1 Å². The summed E-state index contributed by atoms with van der Waals surface area (Å²) in [6, 6.07) is 51.1. The van der Waals surface area contributed by atoms with E-state index in [1.807, 2.05) is 0 Å². The maximum atomic E-state index is 3.21. The summed E-state index contributed by atoms with van der Waals surface area (Å²) < 4.78 is 0. The molecule has 0 N–H and O–H groups in total. The molecule has 0 nitrogen and oxygen atoms in total. The molecule has 222 valence electrons. The van der Waals surface area contributed by atoms with Crippen LogP contribution in [0.4, 0.5) is 0 Å². The second-order valence-electron chi connectivity index (χ2n) is 11.9. The summed E-state index contributed by atoms with van der Waals surface area (Å²) in [5.41, 5.74) is 16.4. The molecule has 0 amide bonds. The molecule has 2 aliphatic carbocycles. The molecule has 0 atom stereocenters. The van der Waals surface area contributed by atoms with E-state index in [2.05, 4.69) is 206 Å². The van der Waals surface area contributed by atoms with Gasteiger partial charge in [0.05, 0.1) is 0 Å². The minimum atomic E-state index is 0.940. The molecule has 0 saturated carbocycles. The van der Waals surface area contributed by atoms with Crippen LogP contribution in [0.2, 0.25) is 0 Å². The quantitative estimate of drug-likeness (QED) is 0.172. The highest BCUT2D eigenvalue weighted by Crippen LogP contribution is 2.36. The van der Waals surface area contributed by atoms with Crippen LogP contribution in [0.5, 0.6) is 0 Å². The van der Waals surface area contributed by atoms with Crippen molar-refractivity contribution in [1.29, 1.82) is 0 Å². The lowest BCUT2D eigenvalue weighted by Gasteiger charge is -2.12. The zero-order chi connectivity index (χ0) is 32.1. The average molecular weight is 607 g/mol. The summed E-state index contributed by atoms with van der Waals surface area (Å²) in [5, 5.41) is 0. The van der Waals surface area contributed by atoms with Crippen LogP contribution < -0.4 is 0 Å². The summed E-state index contributed by atoms with van der Waals surface area (Å²) in [5.74, 6) is 12.5. The average Bonchev–Trinajstić information content (AvgIpc) is 3.40. The van der Waals surface area contributed by atoms with Crippen LogP contribution >= 0.6 is 0 Å². The van der Waals surface area contributed by atoms with Gasteiger partial charge in [-0.25, -0.2) is 0 Å². The molecule has 48 heavy (non-hydrogen) atoms.